The SMILES string of the molecule is COC1CCN(Cn2nc(-c3cc(-c4ccccn4)nc4ccccc34)oc2=S)CC1. The van der Waals surface area contributed by atoms with Crippen LogP contribution in [0.3, 0.4) is 0 Å². The van der Waals surface area contributed by atoms with Crippen LogP contribution in [0.25, 0.3) is 33.7 Å². The summed E-state index contributed by atoms with van der Waals surface area (Å²) in [5.74, 6) is 0.493. The maximum atomic E-state index is 5.95. The topological polar surface area (TPSA) is 69.2 Å². The molecule has 1 saturated heterocycles. The van der Waals surface area contributed by atoms with E-state index in [-0.39, 0.29) is 0 Å². The molecule has 0 bridgehead atoms. The molecular formula is C23H23N5O2S. The van der Waals surface area contributed by atoms with Crippen molar-refractivity contribution in [1.82, 2.24) is 24.6 Å². The summed E-state index contributed by atoms with van der Waals surface area (Å²) in [7, 11) is 1.78. The Kier molecular flexibility index (Phi) is 5.59. The fourth-order valence-corrected chi connectivity index (χ4v) is 4.16. The van der Waals surface area contributed by atoms with Gasteiger partial charge in [0.15, 0.2) is 0 Å². The molecule has 7 nitrogen and oxygen atoms in total. The van der Waals surface area contributed by atoms with Crippen LogP contribution in [0, 0.1) is 4.84 Å². The van der Waals surface area contributed by atoms with Crippen molar-refractivity contribution in [2.75, 3.05) is 20.2 Å². The maximum absolute atomic E-state index is 5.95. The Balaban J connectivity index is 1.51. The van der Waals surface area contributed by atoms with Gasteiger partial charge in [-0.1, -0.05) is 24.3 Å². The van der Waals surface area contributed by atoms with Gasteiger partial charge in [0.2, 0.25) is 5.89 Å². The van der Waals surface area contributed by atoms with Crippen molar-refractivity contribution in [3.63, 3.8) is 0 Å². The van der Waals surface area contributed by atoms with Crippen LogP contribution in [-0.4, -0.2) is 51.0 Å². The predicted molar refractivity (Wildman–Crippen MR) is 121 cm³/mol. The minimum absolute atomic E-state index is 0.338. The average molecular weight is 434 g/mol. The van der Waals surface area contributed by atoms with E-state index < -0.39 is 0 Å². The molecule has 4 heterocycles. The highest BCUT2D eigenvalue weighted by atomic mass is 32.1. The number of methoxy groups -OCH3 is 1. The Morgan fingerprint density at radius 3 is 2.68 bits per heavy atom. The number of rotatable bonds is 5. The average Bonchev–Trinajstić information content (AvgIpc) is 3.19. The molecule has 0 amide bonds. The van der Waals surface area contributed by atoms with Gasteiger partial charge in [0, 0.05) is 31.8 Å². The Hall–Kier alpha value is -2.94. The minimum Gasteiger partial charge on any atom is -0.409 e. The maximum Gasteiger partial charge on any atom is 0.288 e. The number of aromatic nitrogens is 4. The van der Waals surface area contributed by atoms with Crippen LogP contribution in [-0.2, 0) is 11.4 Å². The molecule has 158 valence electrons. The molecule has 3 aromatic heterocycles. The van der Waals surface area contributed by atoms with E-state index in [9.17, 15) is 0 Å². The summed E-state index contributed by atoms with van der Waals surface area (Å²) in [4.78, 5) is 11.9. The van der Waals surface area contributed by atoms with Crippen LogP contribution in [0.1, 0.15) is 12.8 Å². The molecule has 1 aliphatic rings. The van der Waals surface area contributed by atoms with Crippen molar-refractivity contribution in [2.45, 2.75) is 25.6 Å². The first-order valence-electron chi connectivity index (χ1n) is 10.4. The molecular weight excluding hydrogens is 410 g/mol. The van der Waals surface area contributed by atoms with E-state index in [1.165, 1.54) is 0 Å². The second-order valence-electron chi connectivity index (χ2n) is 7.65. The molecule has 0 radical (unpaired) electrons. The predicted octanol–water partition coefficient (Wildman–Crippen LogP) is 4.55. The Morgan fingerprint density at radius 1 is 1.10 bits per heavy atom. The van der Waals surface area contributed by atoms with E-state index >= 15 is 0 Å². The molecule has 1 aromatic carbocycles. The van der Waals surface area contributed by atoms with Crippen LogP contribution in [0.5, 0.6) is 0 Å². The second kappa shape index (κ2) is 8.66. The molecule has 4 aromatic rings. The molecule has 0 N–H and O–H groups in total. The summed E-state index contributed by atoms with van der Waals surface area (Å²) in [5, 5.41) is 5.69. The number of fused-ring (bicyclic) bond motifs is 1. The lowest BCUT2D eigenvalue weighted by Gasteiger charge is -2.30. The van der Waals surface area contributed by atoms with Gasteiger partial charge in [0.1, 0.15) is 0 Å². The van der Waals surface area contributed by atoms with E-state index in [0.29, 0.717) is 23.5 Å². The highest BCUT2D eigenvalue weighted by Crippen LogP contribution is 2.31. The fourth-order valence-electron chi connectivity index (χ4n) is 3.98. The monoisotopic (exact) mass is 433 g/mol. The van der Waals surface area contributed by atoms with E-state index in [0.717, 1.165) is 53.8 Å². The zero-order chi connectivity index (χ0) is 21.2. The standard InChI is InChI=1S/C23H23N5O2S/c1-29-16-9-12-27(13-10-16)15-28-23(31)30-22(26-28)18-14-21(20-8-4-5-11-24-20)25-19-7-3-2-6-17(18)19/h2-8,11,14,16H,9-10,12-13,15H2,1H3. The Labute approximate surface area is 185 Å². The third kappa shape index (κ3) is 4.14. The number of nitrogens with zero attached hydrogens (tertiary/aromatic N) is 5. The van der Waals surface area contributed by atoms with Gasteiger partial charge in [-0.3, -0.25) is 9.88 Å². The van der Waals surface area contributed by atoms with Crippen molar-refractivity contribution in [2.24, 2.45) is 0 Å². The number of ether oxygens (including phenoxy) is 1. The van der Waals surface area contributed by atoms with Gasteiger partial charge in [0.05, 0.1) is 35.2 Å². The molecule has 1 aliphatic heterocycles. The zero-order valence-corrected chi connectivity index (χ0v) is 18.1. The number of benzene rings is 1. The van der Waals surface area contributed by atoms with Gasteiger partial charge in [-0.15, -0.1) is 5.10 Å². The lowest BCUT2D eigenvalue weighted by molar-refractivity contribution is 0.0299. The summed E-state index contributed by atoms with van der Waals surface area (Å²) in [5.41, 5.74) is 3.28. The smallest absolute Gasteiger partial charge is 0.288 e. The number of para-hydroxylation sites is 1. The van der Waals surface area contributed by atoms with Gasteiger partial charge in [-0.05, 0) is 49.3 Å². The van der Waals surface area contributed by atoms with Crippen molar-refractivity contribution in [3.8, 4) is 22.8 Å². The summed E-state index contributed by atoms with van der Waals surface area (Å²) in [6.07, 6.45) is 4.12. The van der Waals surface area contributed by atoms with Gasteiger partial charge >= 0.3 is 0 Å². The highest BCUT2D eigenvalue weighted by Gasteiger charge is 2.21. The molecule has 0 atom stereocenters. The van der Waals surface area contributed by atoms with Gasteiger partial charge in [-0.2, -0.15) is 0 Å². The number of hydrogen-bond donors (Lipinski definition) is 0. The van der Waals surface area contributed by atoms with E-state index in [1.807, 2.05) is 48.5 Å². The van der Waals surface area contributed by atoms with Crippen LogP contribution >= 0.6 is 12.2 Å². The third-order valence-electron chi connectivity index (χ3n) is 5.68. The lowest BCUT2D eigenvalue weighted by atomic mass is 10.1. The Morgan fingerprint density at radius 2 is 1.90 bits per heavy atom. The normalized spacial score (nSPS) is 15.5. The second-order valence-corrected chi connectivity index (χ2v) is 8.00. The van der Waals surface area contributed by atoms with Crippen molar-refractivity contribution in [3.05, 3.63) is 59.6 Å². The molecule has 31 heavy (non-hydrogen) atoms. The number of hydrogen-bond acceptors (Lipinski definition) is 7. The lowest BCUT2D eigenvalue weighted by Crippen LogP contribution is -2.37. The minimum atomic E-state index is 0.338. The third-order valence-corrected chi connectivity index (χ3v) is 5.98. The summed E-state index contributed by atoms with van der Waals surface area (Å²) in [6.45, 7) is 2.50. The van der Waals surface area contributed by atoms with E-state index in [1.54, 1.807) is 18.0 Å². The molecule has 0 saturated carbocycles. The molecule has 0 unspecified atom stereocenters. The number of piperidine rings is 1. The van der Waals surface area contributed by atoms with Crippen LogP contribution in [0.2, 0.25) is 0 Å². The van der Waals surface area contributed by atoms with Crippen LogP contribution < -0.4 is 0 Å². The largest absolute Gasteiger partial charge is 0.409 e. The quantitative estimate of drug-likeness (QED) is 0.428. The van der Waals surface area contributed by atoms with Crippen LogP contribution in [0.4, 0.5) is 0 Å². The van der Waals surface area contributed by atoms with Crippen molar-refractivity contribution >= 4 is 23.1 Å². The van der Waals surface area contributed by atoms with Gasteiger partial charge < -0.3 is 9.15 Å². The first kappa shape index (κ1) is 20.0. The molecule has 8 heteroatoms. The zero-order valence-electron chi connectivity index (χ0n) is 17.3. The van der Waals surface area contributed by atoms with E-state index in [2.05, 4.69) is 9.88 Å². The number of likely N-dealkylation sites (tertiary alicyclic amines) is 1. The fraction of sp³-hybridized carbons (Fsp3) is 0.304. The summed E-state index contributed by atoms with van der Waals surface area (Å²) < 4.78 is 13.2. The van der Waals surface area contributed by atoms with Crippen molar-refractivity contribution in [1.29, 1.82) is 0 Å². The molecule has 0 spiro atoms. The van der Waals surface area contributed by atoms with Gasteiger partial charge in [0.25, 0.3) is 4.84 Å². The first-order chi connectivity index (χ1) is 15.2. The molecule has 5 rings (SSSR count). The van der Waals surface area contributed by atoms with E-state index in [4.69, 9.17) is 31.5 Å². The molecule has 0 aliphatic carbocycles. The summed E-state index contributed by atoms with van der Waals surface area (Å²) >= 11 is 5.49. The highest BCUT2D eigenvalue weighted by molar-refractivity contribution is 7.71. The molecule has 1 fully saturated rings. The van der Waals surface area contributed by atoms with Gasteiger partial charge in [-0.25, -0.2) is 9.67 Å². The first-order valence-corrected chi connectivity index (χ1v) is 10.8. The Bertz CT molecular complexity index is 1250. The number of pyridine rings is 2. The van der Waals surface area contributed by atoms with Crippen molar-refractivity contribution < 1.29 is 9.15 Å². The van der Waals surface area contributed by atoms with Crippen LogP contribution in [0.15, 0.2) is 59.1 Å². The summed E-state index contributed by atoms with van der Waals surface area (Å²) in [6, 6.07) is 15.7.